The van der Waals surface area contributed by atoms with E-state index in [1.807, 2.05) is 0 Å². The van der Waals surface area contributed by atoms with Crippen LogP contribution in [0.2, 0.25) is 0 Å². The van der Waals surface area contributed by atoms with Gasteiger partial charge >= 0.3 is 39.0 Å². The molecule has 0 bridgehead atoms. The van der Waals surface area contributed by atoms with E-state index in [1.54, 1.807) is 0 Å². The van der Waals surface area contributed by atoms with E-state index in [1.165, 1.54) is 6.08 Å². The molecule has 1 heterocycles. The molecular formula is C12H19F6N2O2P. The zero-order chi connectivity index (χ0) is 18.2. The van der Waals surface area contributed by atoms with E-state index in [9.17, 15) is 30.0 Å². The number of ether oxygens (including phenoxy) is 1. The minimum atomic E-state index is -10.7. The van der Waals surface area contributed by atoms with Crippen molar-refractivity contribution in [3.63, 3.8) is 0 Å². The Bertz CT molecular complexity index is 515. The predicted molar refractivity (Wildman–Crippen MR) is 74.3 cm³/mol. The van der Waals surface area contributed by atoms with Gasteiger partial charge in [0.25, 0.3) is 0 Å². The van der Waals surface area contributed by atoms with Crippen molar-refractivity contribution < 1.29 is 39.3 Å². The number of esters is 1. The number of carbonyl (C=O) groups is 1. The third-order valence-corrected chi connectivity index (χ3v) is 2.33. The molecule has 0 radical (unpaired) electrons. The molecule has 23 heavy (non-hydrogen) atoms. The van der Waals surface area contributed by atoms with Crippen molar-refractivity contribution in [2.75, 3.05) is 6.61 Å². The second-order valence-electron chi connectivity index (χ2n) is 4.52. The van der Waals surface area contributed by atoms with Gasteiger partial charge in [-0.15, -0.1) is 0 Å². The number of aryl methyl sites for hydroxylation is 2. The molecule has 0 unspecified atom stereocenters. The fourth-order valence-corrected chi connectivity index (χ4v) is 1.39. The summed E-state index contributed by atoms with van der Waals surface area (Å²) >= 11 is 0. The number of halogens is 6. The first-order chi connectivity index (χ1) is 10.2. The van der Waals surface area contributed by atoms with E-state index in [-0.39, 0.29) is 5.97 Å². The van der Waals surface area contributed by atoms with Gasteiger partial charge in [-0.1, -0.05) is 6.58 Å². The molecule has 4 nitrogen and oxygen atoms in total. The molecule has 0 aliphatic heterocycles. The van der Waals surface area contributed by atoms with Crippen LogP contribution < -0.4 is 4.57 Å². The summed E-state index contributed by atoms with van der Waals surface area (Å²) in [6.45, 7) is 7.87. The summed E-state index contributed by atoms with van der Waals surface area (Å²) in [5.41, 5.74) is 0. The van der Waals surface area contributed by atoms with Crippen LogP contribution in [-0.2, 0) is 22.6 Å². The maximum atomic E-state index is 10.7. The molecule has 0 saturated heterocycles. The molecule has 0 aliphatic rings. The molecular weight excluding hydrogens is 349 g/mol. The molecule has 0 saturated carbocycles. The Balaban J connectivity index is 0.000000585. The Morgan fingerprint density at radius 2 is 1.83 bits per heavy atom. The summed E-state index contributed by atoms with van der Waals surface area (Å²) in [5, 5.41) is 0. The first-order valence-corrected chi connectivity index (χ1v) is 8.64. The zero-order valence-electron chi connectivity index (χ0n) is 12.5. The minimum absolute atomic E-state index is 0.343. The average molecular weight is 368 g/mol. The summed E-state index contributed by atoms with van der Waals surface area (Å²) in [7, 11) is -10.7. The van der Waals surface area contributed by atoms with Crippen LogP contribution in [0.15, 0.2) is 31.4 Å². The van der Waals surface area contributed by atoms with Crippen molar-refractivity contribution in [1.29, 1.82) is 0 Å². The number of imidazole rings is 1. The molecule has 136 valence electrons. The average Bonchev–Trinajstić information content (AvgIpc) is 2.82. The van der Waals surface area contributed by atoms with Gasteiger partial charge in [-0.2, -0.15) is 0 Å². The molecule has 11 heteroatoms. The van der Waals surface area contributed by atoms with Crippen molar-refractivity contribution in [1.82, 2.24) is 4.57 Å². The Labute approximate surface area is 129 Å². The maximum absolute atomic E-state index is 10.7. The van der Waals surface area contributed by atoms with Gasteiger partial charge < -0.3 is 4.74 Å². The number of nitrogens with zero attached hydrogens (tertiary/aromatic N) is 2. The van der Waals surface area contributed by atoms with E-state index in [2.05, 4.69) is 41.4 Å². The molecule has 0 amide bonds. The van der Waals surface area contributed by atoms with E-state index in [0.29, 0.717) is 6.61 Å². The van der Waals surface area contributed by atoms with Gasteiger partial charge in [-0.3, -0.25) is 0 Å². The summed E-state index contributed by atoms with van der Waals surface area (Å²) in [6.07, 6.45) is 9.26. The van der Waals surface area contributed by atoms with E-state index >= 15 is 0 Å². The Morgan fingerprint density at radius 3 is 2.26 bits per heavy atom. The molecule has 1 aromatic rings. The summed E-state index contributed by atoms with van der Waals surface area (Å²) < 4.78 is 68.3. The second-order valence-corrected chi connectivity index (χ2v) is 6.44. The monoisotopic (exact) mass is 368 g/mol. The fraction of sp³-hybridized carbons (Fsp3) is 0.500. The van der Waals surface area contributed by atoms with Gasteiger partial charge in [-0.25, -0.2) is 13.9 Å². The molecule has 1 aromatic heterocycles. The molecule has 0 N–H and O–H groups in total. The predicted octanol–water partition coefficient (Wildman–Crippen LogP) is 4.69. The normalized spacial score (nSPS) is 14.0. The Morgan fingerprint density at radius 1 is 1.26 bits per heavy atom. The molecule has 0 spiro atoms. The van der Waals surface area contributed by atoms with E-state index < -0.39 is 7.81 Å². The van der Waals surface area contributed by atoms with Gasteiger partial charge in [-0.05, 0) is 19.8 Å². The van der Waals surface area contributed by atoms with Crippen molar-refractivity contribution in [3.05, 3.63) is 31.4 Å². The summed E-state index contributed by atoms with van der Waals surface area (Å²) in [6, 6.07) is 0. The van der Waals surface area contributed by atoms with Crippen LogP contribution in [0, 0.1) is 0 Å². The SMILES string of the molecule is C=CC(=O)OCCCC[n+]1ccn(CC)c1.F[P-](F)(F)(F)(F)F. The van der Waals surface area contributed by atoms with Gasteiger partial charge in [0.05, 0.1) is 19.7 Å². The van der Waals surface area contributed by atoms with Gasteiger partial charge in [0, 0.05) is 6.08 Å². The van der Waals surface area contributed by atoms with Gasteiger partial charge in [0.1, 0.15) is 12.4 Å². The third kappa shape index (κ3) is 18.4. The van der Waals surface area contributed by atoms with Crippen LogP contribution >= 0.6 is 7.81 Å². The van der Waals surface area contributed by atoms with Crippen molar-refractivity contribution in [2.24, 2.45) is 0 Å². The van der Waals surface area contributed by atoms with Crippen LogP contribution in [0.4, 0.5) is 25.2 Å². The van der Waals surface area contributed by atoms with E-state index in [4.69, 9.17) is 4.74 Å². The first kappa shape index (κ1) is 21.4. The van der Waals surface area contributed by atoms with Crippen molar-refractivity contribution in [3.8, 4) is 0 Å². The molecule has 0 aromatic carbocycles. The zero-order valence-corrected chi connectivity index (χ0v) is 13.4. The Hall–Kier alpha value is -1.57. The summed E-state index contributed by atoms with van der Waals surface area (Å²) in [4.78, 5) is 10.7. The van der Waals surface area contributed by atoms with Crippen LogP contribution in [0.25, 0.3) is 0 Å². The molecule has 0 aliphatic carbocycles. The topological polar surface area (TPSA) is 35.1 Å². The molecule has 0 atom stereocenters. The van der Waals surface area contributed by atoms with E-state index in [0.717, 1.165) is 25.9 Å². The standard InChI is InChI=1S/C12H19N2O2.F6P/c1-3-12(15)16-10-6-5-7-14-9-8-13(4-2)11-14;1-7(2,3,4,5)6/h3,8-9,11H,1,4-7,10H2,2H3;/q+1;-1. The van der Waals surface area contributed by atoms with Crippen molar-refractivity contribution in [2.45, 2.75) is 32.9 Å². The van der Waals surface area contributed by atoms with Crippen LogP contribution in [0.1, 0.15) is 19.8 Å². The van der Waals surface area contributed by atoms with Crippen LogP contribution in [0.3, 0.4) is 0 Å². The number of hydrogen-bond acceptors (Lipinski definition) is 2. The van der Waals surface area contributed by atoms with Crippen LogP contribution in [0.5, 0.6) is 0 Å². The number of unbranched alkanes of at least 4 members (excludes halogenated alkanes) is 1. The number of carbonyl (C=O) groups excluding carboxylic acids is 1. The van der Waals surface area contributed by atoms with Crippen molar-refractivity contribution >= 4 is 13.8 Å². The van der Waals surface area contributed by atoms with Gasteiger partial charge in [0.2, 0.25) is 6.33 Å². The Kier molecular flexibility index (Phi) is 6.83. The van der Waals surface area contributed by atoms with Crippen LogP contribution in [-0.4, -0.2) is 17.1 Å². The number of aromatic nitrogens is 2. The van der Waals surface area contributed by atoms with Gasteiger partial charge in [0.15, 0.2) is 0 Å². The molecule has 1 rings (SSSR count). The summed E-state index contributed by atoms with van der Waals surface area (Å²) in [5.74, 6) is -0.343. The second kappa shape index (κ2) is 7.33. The molecule has 0 fully saturated rings. The third-order valence-electron chi connectivity index (χ3n) is 2.33. The number of hydrogen-bond donors (Lipinski definition) is 0. The fourth-order valence-electron chi connectivity index (χ4n) is 1.39. The quantitative estimate of drug-likeness (QED) is 0.175. The number of rotatable bonds is 7. The first-order valence-electron chi connectivity index (χ1n) is 6.61.